The summed E-state index contributed by atoms with van der Waals surface area (Å²) < 4.78 is 25.4. The Morgan fingerprint density at radius 3 is 2.40 bits per heavy atom. The van der Waals surface area contributed by atoms with Crippen molar-refractivity contribution in [2.24, 2.45) is 0 Å². The van der Waals surface area contributed by atoms with Crippen LogP contribution in [0.3, 0.4) is 0 Å². The van der Waals surface area contributed by atoms with Crippen molar-refractivity contribution in [3.8, 4) is 11.1 Å². The molecule has 4 aromatic rings. The monoisotopic (exact) mass is 563 g/mol. The lowest BCUT2D eigenvalue weighted by Gasteiger charge is -2.28. The zero-order chi connectivity index (χ0) is 24.7. The average molecular weight is 565 g/mol. The maximum atomic E-state index is 13.7. The van der Waals surface area contributed by atoms with Crippen LogP contribution in [0.2, 0.25) is 15.1 Å². The van der Waals surface area contributed by atoms with E-state index in [1.165, 1.54) is 11.3 Å². The molecule has 0 N–H and O–H groups in total. The van der Waals surface area contributed by atoms with E-state index in [0.717, 1.165) is 26.8 Å². The van der Waals surface area contributed by atoms with E-state index in [1.54, 1.807) is 17.0 Å². The Morgan fingerprint density at radius 2 is 1.74 bits per heavy atom. The number of rotatable bonds is 5. The number of hydrogen-bond donors (Lipinski definition) is 0. The normalized spacial score (nSPS) is 17.1. The first-order valence-corrected chi connectivity index (χ1v) is 14.7. The van der Waals surface area contributed by atoms with Gasteiger partial charge in [0, 0.05) is 38.3 Å². The molecule has 180 valence electrons. The van der Waals surface area contributed by atoms with Crippen molar-refractivity contribution in [1.29, 1.82) is 0 Å². The van der Waals surface area contributed by atoms with E-state index in [1.807, 2.05) is 54.6 Å². The largest absolute Gasteiger partial charge is 0.330 e. The topological polar surface area (TPSA) is 54.5 Å². The summed E-state index contributed by atoms with van der Waals surface area (Å²) in [4.78, 5) is 15.8. The van der Waals surface area contributed by atoms with Crippen LogP contribution >= 0.6 is 46.1 Å². The van der Waals surface area contributed by atoms with Crippen LogP contribution in [-0.4, -0.2) is 36.8 Å². The van der Waals surface area contributed by atoms with Crippen molar-refractivity contribution < 1.29 is 13.2 Å². The molecule has 1 fully saturated rings. The number of nitrogens with zero attached hydrogens (tertiary/aromatic N) is 1. The van der Waals surface area contributed by atoms with Gasteiger partial charge in [-0.3, -0.25) is 4.79 Å². The van der Waals surface area contributed by atoms with E-state index >= 15 is 0 Å². The van der Waals surface area contributed by atoms with Gasteiger partial charge in [0.05, 0.1) is 16.5 Å². The predicted octanol–water partition coefficient (Wildman–Crippen LogP) is 7.36. The standard InChI is InChI=1S/C26H20Cl3NO3S2/c27-18-9-10-20(22(28)13-18)17-7-5-16(6-8-17)14-30(19-11-12-35(32,33)15-19)26(31)25-24(29)21-3-1-2-4-23(21)34-25/h1-10,13,19H,11-12,14-15H2. The molecule has 9 heteroatoms. The molecule has 0 aliphatic carbocycles. The second-order valence-electron chi connectivity index (χ2n) is 8.55. The van der Waals surface area contributed by atoms with E-state index in [9.17, 15) is 13.2 Å². The zero-order valence-corrected chi connectivity index (χ0v) is 22.3. The highest BCUT2D eigenvalue weighted by molar-refractivity contribution is 7.91. The molecule has 3 aromatic carbocycles. The number of hydrogen-bond acceptors (Lipinski definition) is 4. The summed E-state index contributed by atoms with van der Waals surface area (Å²) in [5.41, 5.74) is 2.66. The lowest BCUT2D eigenvalue weighted by Crippen LogP contribution is -2.40. The van der Waals surface area contributed by atoms with Gasteiger partial charge >= 0.3 is 0 Å². The lowest BCUT2D eigenvalue weighted by molar-refractivity contribution is 0.0686. The van der Waals surface area contributed by atoms with Gasteiger partial charge in [-0.1, -0.05) is 83.3 Å². The zero-order valence-electron chi connectivity index (χ0n) is 18.4. The molecule has 1 aliphatic heterocycles. The molecule has 35 heavy (non-hydrogen) atoms. The highest BCUT2D eigenvalue weighted by Gasteiger charge is 2.36. The Labute approximate surface area is 223 Å². The maximum absolute atomic E-state index is 13.7. The van der Waals surface area contributed by atoms with Crippen molar-refractivity contribution in [3.05, 3.63) is 92.2 Å². The fraction of sp³-hybridized carbons (Fsp3) is 0.192. The van der Waals surface area contributed by atoms with Crippen molar-refractivity contribution in [3.63, 3.8) is 0 Å². The first-order valence-electron chi connectivity index (χ1n) is 10.9. The minimum Gasteiger partial charge on any atom is -0.330 e. The summed E-state index contributed by atoms with van der Waals surface area (Å²) in [6.07, 6.45) is 0.412. The number of benzene rings is 3. The fourth-order valence-electron chi connectivity index (χ4n) is 4.38. The van der Waals surface area contributed by atoms with Gasteiger partial charge in [0.1, 0.15) is 4.88 Å². The summed E-state index contributed by atoms with van der Waals surface area (Å²) >= 11 is 20.3. The molecule has 1 saturated heterocycles. The molecule has 0 bridgehead atoms. The number of fused-ring (bicyclic) bond motifs is 1. The summed E-state index contributed by atoms with van der Waals surface area (Å²) in [6, 6.07) is 20.3. The van der Waals surface area contributed by atoms with Crippen LogP contribution in [0.15, 0.2) is 66.7 Å². The van der Waals surface area contributed by atoms with Crippen molar-refractivity contribution in [2.75, 3.05) is 11.5 Å². The second-order valence-corrected chi connectivity index (χ2v) is 13.1. The smallest absolute Gasteiger partial charge is 0.266 e. The van der Waals surface area contributed by atoms with E-state index in [2.05, 4.69) is 0 Å². The number of amides is 1. The van der Waals surface area contributed by atoms with Gasteiger partial charge in [-0.2, -0.15) is 0 Å². The molecular formula is C26H20Cl3NO3S2. The van der Waals surface area contributed by atoms with Crippen LogP contribution < -0.4 is 0 Å². The molecule has 4 nitrogen and oxygen atoms in total. The van der Waals surface area contributed by atoms with Crippen LogP contribution in [0, 0.1) is 0 Å². The Hall–Kier alpha value is -2.09. The minimum absolute atomic E-state index is 0.0419. The van der Waals surface area contributed by atoms with Gasteiger partial charge < -0.3 is 4.90 Å². The molecule has 1 aromatic heterocycles. The van der Waals surface area contributed by atoms with Gasteiger partial charge in [-0.05, 0) is 35.7 Å². The molecule has 2 heterocycles. The third-order valence-corrected chi connectivity index (χ3v) is 10.1. The molecule has 0 radical (unpaired) electrons. The predicted molar refractivity (Wildman–Crippen MR) is 146 cm³/mol. The Morgan fingerprint density at radius 1 is 1.00 bits per heavy atom. The Bertz CT molecular complexity index is 1530. The van der Waals surface area contributed by atoms with Crippen LogP contribution in [-0.2, 0) is 16.4 Å². The van der Waals surface area contributed by atoms with Gasteiger partial charge in [-0.15, -0.1) is 11.3 Å². The highest BCUT2D eigenvalue weighted by atomic mass is 35.5. The first-order chi connectivity index (χ1) is 16.7. The van der Waals surface area contributed by atoms with Crippen LogP contribution in [0.5, 0.6) is 0 Å². The average Bonchev–Trinajstić information content (AvgIpc) is 3.37. The third-order valence-electron chi connectivity index (χ3n) is 6.19. The highest BCUT2D eigenvalue weighted by Crippen LogP contribution is 2.37. The van der Waals surface area contributed by atoms with E-state index in [-0.39, 0.29) is 24.0 Å². The molecule has 5 rings (SSSR count). The second kappa shape index (κ2) is 9.75. The number of halogens is 3. The van der Waals surface area contributed by atoms with Crippen LogP contribution in [0.4, 0.5) is 0 Å². The molecule has 1 aliphatic rings. The van der Waals surface area contributed by atoms with Gasteiger partial charge in [0.2, 0.25) is 0 Å². The molecule has 1 unspecified atom stereocenters. The van der Waals surface area contributed by atoms with Crippen molar-refractivity contribution >= 4 is 72.0 Å². The molecule has 0 saturated carbocycles. The first kappa shape index (κ1) is 24.6. The molecule has 1 amide bonds. The van der Waals surface area contributed by atoms with Gasteiger partial charge in [0.25, 0.3) is 5.91 Å². The van der Waals surface area contributed by atoms with Gasteiger partial charge in [-0.25, -0.2) is 8.42 Å². The third kappa shape index (κ3) is 5.09. The van der Waals surface area contributed by atoms with Crippen LogP contribution in [0.1, 0.15) is 21.7 Å². The van der Waals surface area contributed by atoms with E-state index in [4.69, 9.17) is 34.8 Å². The van der Waals surface area contributed by atoms with Crippen LogP contribution in [0.25, 0.3) is 21.2 Å². The SMILES string of the molecule is O=C(c1sc2ccccc2c1Cl)N(Cc1ccc(-c2ccc(Cl)cc2Cl)cc1)C1CCS(=O)(=O)C1. The van der Waals surface area contributed by atoms with Crippen molar-refractivity contribution in [1.82, 2.24) is 4.90 Å². The summed E-state index contributed by atoms with van der Waals surface area (Å²) in [6.45, 7) is 0.276. The maximum Gasteiger partial charge on any atom is 0.266 e. The summed E-state index contributed by atoms with van der Waals surface area (Å²) in [7, 11) is -3.18. The minimum atomic E-state index is -3.18. The number of sulfone groups is 1. The van der Waals surface area contributed by atoms with Gasteiger partial charge in [0.15, 0.2) is 9.84 Å². The van der Waals surface area contributed by atoms with E-state index < -0.39 is 15.9 Å². The van der Waals surface area contributed by atoms with E-state index in [0.29, 0.717) is 26.4 Å². The lowest BCUT2D eigenvalue weighted by atomic mass is 10.0. The Kier molecular flexibility index (Phi) is 6.85. The summed E-state index contributed by atoms with van der Waals surface area (Å²) in [5.74, 6) is -0.210. The number of carbonyl (C=O) groups excluding carboxylic acids is 1. The number of thiophene rings is 1. The molecular weight excluding hydrogens is 545 g/mol. The molecule has 0 spiro atoms. The summed E-state index contributed by atoms with van der Waals surface area (Å²) in [5, 5.41) is 2.36. The quantitative estimate of drug-likeness (QED) is 0.254. The Balaban J connectivity index is 1.47. The fourth-order valence-corrected chi connectivity index (χ4v) is 8.10. The molecule has 1 atom stereocenters. The number of carbonyl (C=O) groups is 1. The van der Waals surface area contributed by atoms with Crippen molar-refractivity contribution in [2.45, 2.75) is 19.0 Å².